The SMILES string of the molecule is CC1CCN(C(=O)NCc2nc(-c3ccc(F)cc3)n[nH]2)CC1. The molecule has 2 N–H and O–H groups in total. The van der Waals surface area contributed by atoms with Crippen molar-refractivity contribution in [3.8, 4) is 11.4 Å². The highest BCUT2D eigenvalue weighted by molar-refractivity contribution is 5.74. The fourth-order valence-electron chi connectivity index (χ4n) is 2.59. The van der Waals surface area contributed by atoms with Crippen LogP contribution in [0.2, 0.25) is 0 Å². The number of benzene rings is 1. The van der Waals surface area contributed by atoms with Crippen LogP contribution in [-0.4, -0.2) is 39.2 Å². The molecule has 122 valence electrons. The number of piperidine rings is 1. The van der Waals surface area contributed by atoms with E-state index in [1.54, 1.807) is 12.1 Å². The van der Waals surface area contributed by atoms with E-state index in [0.29, 0.717) is 24.1 Å². The third kappa shape index (κ3) is 3.85. The molecule has 1 aliphatic heterocycles. The van der Waals surface area contributed by atoms with Crippen LogP contribution in [-0.2, 0) is 6.54 Å². The van der Waals surface area contributed by atoms with Gasteiger partial charge in [-0.3, -0.25) is 5.10 Å². The summed E-state index contributed by atoms with van der Waals surface area (Å²) in [5.74, 6) is 1.45. The number of aromatic nitrogens is 3. The zero-order valence-corrected chi connectivity index (χ0v) is 13.1. The number of H-pyrrole nitrogens is 1. The maximum absolute atomic E-state index is 12.9. The van der Waals surface area contributed by atoms with Gasteiger partial charge in [0, 0.05) is 18.7 Å². The molecule has 0 saturated carbocycles. The van der Waals surface area contributed by atoms with Gasteiger partial charge in [-0.25, -0.2) is 14.2 Å². The first-order chi connectivity index (χ1) is 11.1. The van der Waals surface area contributed by atoms with Crippen molar-refractivity contribution in [2.24, 2.45) is 5.92 Å². The fourth-order valence-corrected chi connectivity index (χ4v) is 2.59. The number of halogens is 1. The quantitative estimate of drug-likeness (QED) is 0.913. The van der Waals surface area contributed by atoms with Gasteiger partial charge in [0.25, 0.3) is 0 Å². The number of hydrogen-bond donors (Lipinski definition) is 2. The van der Waals surface area contributed by atoms with Crippen LogP contribution in [0.15, 0.2) is 24.3 Å². The van der Waals surface area contributed by atoms with Crippen molar-refractivity contribution in [1.82, 2.24) is 25.4 Å². The zero-order valence-electron chi connectivity index (χ0n) is 13.1. The van der Waals surface area contributed by atoms with Gasteiger partial charge in [0.1, 0.15) is 11.6 Å². The van der Waals surface area contributed by atoms with Crippen LogP contribution in [0.3, 0.4) is 0 Å². The van der Waals surface area contributed by atoms with Crippen molar-refractivity contribution in [2.45, 2.75) is 26.3 Å². The summed E-state index contributed by atoms with van der Waals surface area (Å²) in [6, 6.07) is 5.90. The van der Waals surface area contributed by atoms with Crippen molar-refractivity contribution in [1.29, 1.82) is 0 Å². The van der Waals surface area contributed by atoms with E-state index in [-0.39, 0.29) is 11.8 Å². The van der Waals surface area contributed by atoms with Crippen LogP contribution < -0.4 is 5.32 Å². The second-order valence-corrected chi connectivity index (χ2v) is 5.94. The van der Waals surface area contributed by atoms with Crippen molar-refractivity contribution in [2.75, 3.05) is 13.1 Å². The molecule has 2 aromatic rings. The normalized spacial score (nSPS) is 15.7. The van der Waals surface area contributed by atoms with Crippen LogP contribution in [0.4, 0.5) is 9.18 Å². The van der Waals surface area contributed by atoms with Gasteiger partial charge < -0.3 is 10.2 Å². The highest BCUT2D eigenvalue weighted by atomic mass is 19.1. The zero-order chi connectivity index (χ0) is 16.2. The molecule has 0 bridgehead atoms. The number of urea groups is 1. The minimum atomic E-state index is -0.298. The summed E-state index contributed by atoms with van der Waals surface area (Å²) in [7, 11) is 0. The van der Waals surface area contributed by atoms with E-state index in [2.05, 4.69) is 27.4 Å². The van der Waals surface area contributed by atoms with Gasteiger partial charge in [0.2, 0.25) is 0 Å². The van der Waals surface area contributed by atoms with Crippen LogP contribution in [0.25, 0.3) is 11.4 Å². The molecule has 0 radical (unpaired) electrons. The summed E-state index contributed by atoms with van der Waals surface area (Å²) in [6.45, 7) is 4.09. The van der Waals surface area contributed by atoms with E-state index >= 15 is 0 Å². The molecule has 1 aromatic carbocycles. The van der Waals surface area contributed by atoms with E-state index in [0.717, 1.165) is 31.5 Å². The minimum absolute atomic E-state index is 0.0726. The summed E-state index contributed by atoms with van der Waals surface area (Å²) < 4.78 is 12.9. The van der Waals surface area contributed by atoms with Gasteiger partial charge in [-0.05, 0) is 43.0 Å². The first-order valence-corrected chi connectivity index (χ1v) is 7.82. The highest BCUT2D eigenvalue weighted by Gasteiger charge is 2.20. The van der Waals surface area contributed by atoms with Gasteiger partial charge in [0.15, 0.2) is 5.82 Å². The third-order valence-electron chi connectivity index (χ3n) is 4.11. The maximum atomic E-state index is 12.9. The Balaban J connectivity index is 1.55. The smallest absolute Gasteiger partial charge is 0.317 e. The van der Waals surface area contributed by atoms with Crippen LogP contribution in [0.5, 0.6) is 0 Å². The lowest BCUT2D eigenvalue weighted by molar-refractivity contribution is 0.173. The molecule has 0 unspecified atom stereocenters. The van der Waals surface area contributed by atoms with Gasteiger partial charge in [-0.2, -0.15) is 5.10 Å². The fraction of sp³-hybridized carbons (Fsp3) is 0.438. The second-order valence-electron chi connectivity index (χ2n) is 5.94. The number of carbonyl (C=O) groups is 1. The van der Waals surface area contributed by atoms with E-state index in [9.17, 15) is 9.18 Å². The van der Waals surface area contributed by atoms with Crippen LogP contribution >= 0.6 is 0 Å². The standard InChI is InChI=1S/C16H20FN5O/c1-11-6-8-22(9-7-11)16(23)18-10-14-19-15(21-20-14)12-2-4-13(17)5-3-12/h2-5,11H,6-10H2,1H3,(H,18,23)(H,19,20,21). The van der Waals surface area contributed by atoms with E-state index in [1.165, 1.54) is 12.1 Å². The van der Waals surface area contributed by atoms with Crippen molar-refractivity contribution in [3.05, 3.63) is 35.9 Å². The summed E-state index contributed by atoms with van der Waals surface area (Å²) >= 11 is 0. The molecule has 1 aliphatic rings. The average Bonchev–Trinajstić information content (AvgIpc) is 3.03. The van der Waals surface area contributed by atoms with Gasteiger partial charge in [-0.15, -0.1) is 0 Å². The Hall–Kier alpha value is -2.44. The summed E-state index contributed by atoms with van der Waals surface area (Å²) in [5, 5.41) is 9.74. The Morgan fingerprint density at radius 1 is 1.35 bits per heavy atom. The minimum Gasteiger partial charge on any atom is -0.331 e. The lowest BCUT2D eigenvalue weighted by Crippen LogP contribution is -2.43. The maximum Gasteiger partial charge on any atom is 0.317 e. The van der Waals surface area contributed by atoms with Crippen molar-refractivity contribution >= 4 is 6.03 Å². The second kappa shape index (κ2) is 6.76. The molecule has 1 saturated heterocycles. The summed E-state index contributed by atoms with van der Waals surface area (Å²) in [4.78, 5) is 18.3. The third-order valence-corrected chi connectivity index (χ3v) is 4.11. The number of amides is 2. The van der Waals surface area contributed by atoms with Gasteiger partial charge >= 0.3 is 6.03 Å². The molecule has 1 aromatic heterocycles. The predicted molar refractivity (Wildman–Crippen MR) is 84.0 cm³/mol. The number of hydrogen-bond acceptors (Lipinski definition) is 3. The van der Waals surface area contributed by atoms with E-state index in [4.69, 9.17) is 0 Å². The Bertz CT molecular complexity index is 661. The topological polar surface area (TPSA) is 73.9 Å². The molecule has 0 atom stereocenters. The first-order valence-electron chi connectivity index (χ1n) is 7.82. The number of nitrogens with zero attached hydrogens (tertiary/aromatic N) is 3. The number of nitrogens with one attached hydrogen (secondary N) is 2. The van der Waals surface area contributed by atoms with Gasteiger partial charge in [-0.1, -0.05) is 6.92 Å². The molecule has 23 heavy (non-hydrogen) atoms. The lowest BCUT2D eigenvalue weighted by Gasteiger charge is -2.30. The lowest BCUT2D eigenvalue weighted by atomic mass is 10.00. The number of rotatable bonds is 3. The Morgan fingerprint density at radius 3 is 2.74 bits per heavy atom. The largest absolute Gasteiger partial charge is 0.331 e. The molecular formula is C16H20FN5O. The molecule has 7 heteroatoms. The average molecular weight is 317 g/mol. The summed E-state index contributed by atoms with van der Waals surface area (Å²) in [6.07, 6.45) is 2.09. The highest BCUT2D eigenvalue weighted by Crippen LogP contribution is 2.16. The molecule has 0 spiro atoms. The van der Waals surface area contributed by atoms with Crippen molar-refractivity contribution in [3.63, 3.8) is 0 Å². The first kappa shape index (κ1) is 15.5. The van der Waals surface area contributed by atoms with Crippen molar-refractivity contribution < 1.29 is 9.18 Å². The molecule has 3 rings (SSSR count). The van der Waals surface area contributed by atoms with Crippen LogP contribution in [0, 0.1) is 11.7 Å². The number of carbonyl (C=O) groups excluding carboxylic acids is 1. The number of likely N-dealkylation sites (tertiary alicyclic amines) is 1. The number of aromatic amines is 1. The molecule has 0 aliphatic carbocycles. The Morgan fingerprint density at radius 2 is 2.04 bits per heavy atom. The summed E-state index contributed by atoms with van der Waals surface area (Å²) in [5.41, 5.74) is 0.727. The Kier molecular flexibility index (Phi) is 4.55. The Labute approximate surface area is 134 Å². The van der Waals surface area contributed by atoms with Gasteiger partial charge in [0.05, 0.1) is 6.54 Å². The molecule has 2 amide bonds. The molecular weight excluding hydrogens is 297 g/mol. The van der Waals surface area contributed by atoms with E-state index < -0.39 is 0 Å². The molecule has 2 heterocycles. The molecule has 6 nitrogen and oxygen atoms in total. The monoisotopic (exact) mass is 317 g/mol. The van der Waals surface area contributed by atoms with Crippen LogP contribution in [0.1, 0.15) is 25.6 Å². The van der Waals surface area contributed by atoms with E-state index in [1.807, 2.05) is 4.90 Å². The predicted octanol–water partition coefficient (Wildman–Crippen LogP) is 2.55. The molecule has 1 fully saturated rings.